The maximum absolute atomic E-state index is 10.7. The predicted octanol–water partition coefficient (Wildman–Crippen LogP) is 2.72. The van der Waals surface area contributed by atoms with Crippen LogP contribution in [0.4, 0.5) is 0 Å². The van der Waals surface area contributed by atoms with E-state index < -0.39 is 5.91 Å². The fraction of sp³-hybridized carbons (Fsp3) is 0.400. The lowest BCUT2D eigenvalue weighted by molar-refractivity contribution is 0.0965. The van der Waals surface area contributed by atoms with Gasteiger partial charge >= 0.3 is 0 Å². The van der Waals surface area contributed by atoms with Crippen molar-refractivity contribution >= 4 is 5.91 Å². The smallest absolute Gasteiger partial charge is 0.287 e. The van der Waals surface area contributed by atoms with Crippen LogP contribution in [0, 0.1) is 0 Å². The topological polar surface area (TPSA) is 103 Å². The lowest BCUT2D eigenvalue weighted by Crippen LogP contribution is -2.43. The molecule has 5 rings (SSSR count). The largest absolute Gasteiger partial charge is 0.363 e. The van der Waals surface area contributed by atoms with Gasteiger partial charge in [-0.1, -0.05) is 40.7 Å². The van der Waals surface area contributed by atoms with Crippen LogP contribution in [0.3, 0.4) is 0 Å². The van der Waals surface area contributed by atoms with Gasteiger partial charge in [-0.25, -0.2) is 4.68 Å². The molecule has 1 saturated heterocycles. The number of likely N-dealkylation sites (tertiary alicyclic amines) is 1. The summed E-state index contributed by atoms with van der Waals surface area (Å²) in [6, 6.07) is 11.6. The number of amides is 1. The van der Waals surface area contributed by atoms with E-state index in [-0.39, 0.29) is 7.19 Å². The zero-order valence-electron chi connectivity index (χ0n) is 15.9. The van der Waals surface area contributed by atoms with Gasteiger partial charge in [-0.05, 0) is 26.3 Å². The molecule has 1 aliphatic carbocycles. The summed E-state index contributed by atoms with van der Waals surface area (Å²) in [7, 11) is 2.16. The van der Waals surface area contributed by atoms with Gasteiger partial charge in [-0.15, -0.1) is 5.10 Å². The Kier molecular flexibility index (Phi) is 5.21. The fourth-order valence-corrected chi connectivity index (χ4v) is 3.48. The molecule has 1 amide bonds. The number of likely N-dealkylation sites (N-methyl/N-ethyl adjacent to an activating group) is 1. The van der Waals surface area contributed by atoms with Crippen LogP contribution in [0.5, 0.6) is 0 Å². The van der Waals surface area contributed by atoms with Gasteiger partial charge in [0.1, 0.15) is 5.69 Å². The number of nitrogens with two attached hydrogens (primary N) is 1. The van der Waals surface area contributed by atoms with E-state index in [4.69, 9.17) is 10.3 Å². The van der Waals surface area contributed by atoms with E-state index in [1.54, 1.807) is 0 Å². The van der Waals surface area contributed by atoms with Crippen molar-refractivity contribution < 1.29 is 10.7 Å². The van der Waals surface area contributed by atoms with Gasteiger partial charge in [0.05, 0.1) is 17.9 Å². The van der Waals surface area contributed by atoms with Gasteiger partial charge in [0.25, 0.3) is 5.91 Å². The Morgan fingerprint density at radius 2 is 2.00 bits per heavy atom. The number of carbonyl (C=O) groups excluding carboxylic acids is 1. The molecule has 148 valence electrons. The summed E-state index contributed by atoms with van der Waals surface area (Å²) in [5.41, 5.74) is 7.89. The molecule has 0 unspecified atom stereocenters. The molecule has 0 atom stereocenters. The number of hydrogen-bond acceptors (Lipinski definition) is 6. The first-order valence-electron chi connectivity index (χ1n) is 9.52. The first kappa shape index (κ1) is 18.4. The van der Waals surface area contributed by atoms with Gasteiger partial charge in [-0.2, -0.15) is 0 Å². The maximum Gasteiger partial charge on any atom is 0.287 e. The fourth-order valence-electron chi connectivity index (χ4n) is 3.48. The molecule has 0 radical (unpaired) electrons. The number of rotatable bonds is 4. The van der Waals surface area contributed by atoms with Crippen molar-refractivity contribution in [2.45, 2.75) is 31.2 Å². The van der Waals surface area contributed by atoms with E-state index in [1.165, 1.54) is 44.1 Å². The normalized spacial score (nSPS) is 17.3. The van der Waals surface area contributed by atoms with Crippen molar-refractivity contribution in [1.82, 2.24) is 25.1 Å². The first-order chi connectivity index (χ1) is 13.6. The van der Waals surface area contributed by atoms with Crippen LogP contribution in [0.15, 0.2) is 47.1 Å². The second kappa shape index (κ2) is 7.93. The van der Waals surface area contributed by atoms with Crippen LogP contribution in [0.2, 0.25) is 0 Å². The summed E-state index contributed by atoms with van der Waals surface area (Å²) in [6.45, 7) is 2.33. The van der Waals surface area contributed by atoms with E-state index in [9.17, 15) is 4.79 Å². The molecule has 2 aromatic heterocycles. The molecule has 1 saturated carbocycles. The molecular formula is C20H26N6O2. The molecule has 2 fully saturated rings. The zero-order valence-corrected chi connectivity index (χ0v) is 15.9. The Balaban J connectivity index is 0.000000160. The Morgan fingerprint density at radius 1 is 1.25 bits per heavy atom. The molecule has 28 heavy (non-hydrogen) atoms. The number of primary amides is 1. The van der Waals surface area contributed by atoms with E-state index in [0.717, 1.165) is 5.56 Å². The van der Waals surface area contributed by atoms with Crippen LogP contribution in [0.25, 0.3) is 11.3 Å². The standard InChI is InChI=1S/C10H16N4.C10H8N2O2.H2/c1-13-6-8(7-13)10-5-11-12-14(10)9-3-2-4-9;11-10(13)9-6-8(12-14-9)7-4-2-1-3-5-7;/h5,8-9H,2-4,6-7H2,1H3;1-6H,(H2,11,13);1H. The van der Waals surface area contributed by atoms with Crippen molar-refractivity contribution in [3.63, 3.8) is 0 Å². The third-order valence-electron chi connectivity index (χ3n) is 5.33. The van der Waals surface area contributed by atoms with Crippen molar-refractivity contribution in [1.29, 1.82) is 0 Å². The summed E-state index contributed by atoms with van der Waals surface area (Å²) in [4.78, 5) is 13.1. The molecule has 0 bridgehead atoms. The summed E-state index contributed by atoms with van der Waals surface area (Å²) in [5.74, 6) is 0.138. The number of benzene rings is 1. The Morgan fingerprint density at radius 3 is 2.57 bits per heavy atom. The van der Waals surface area contributed by atoms with Crippen LogP contribution in [-0.2, 0) is 0 Å². The number of aromatic nitrogens is 4. The van der Waals surface area contributed by atoms with Crippen molar-refractivity contribution in [2.75, 3.05) is 20.1 Å². The van der Waals surface area contributed by atoms with Gasteiger partial charge in [0.2, 0.25) is 5.76 Å². The Bertz CT molecular complexity index is 931. The molecule has 1 aliphatic heterocycles. The van der Waals surface area contributed by atoms with Gasteiger partial charge < -0.3 is 15.2 Å². The summed E-state index contributed by atoms with van der Waals surface area (Å²) < 4.78 is 6.92. The van der Waals surface area contributed by atoms with Crippen LogP contribution in [0.1, 0.15) is 48.9 Å². The highest BCUT2D eigenvalue weighted by Crippen LogP contribution is 2.34. The van der Waals surface area contributed by atoms with Crippen LogP contribution in [-0.4, -0.2) is 51.1 Å². The minimum Gasteiger partial charge on any atom is -0.363 e. The quantitative estimate of drug-likeness (QED) is 0.744. The minimum atomic E-state index is -0.611. The van der Waals surface area contributed by atoms with Gasteiger partial charge in [0.15, 0.2) is 0 Å². The first-order valence-corrected chi connectivity index (χ1v) is 9.52. The zero-order chi connectivity index (χ0) is 19.5. The van der Waals surface area contributed by atoms with E-state index in [2.05, 4.69) is 32.1 Å². The summed E-state index contributed by atoms with van der Waals surface area (Å²) in [6.07, 6.45) is 5.89. The third-order valence-corrected chi connectivity index (χ3v) is 5.33. The lowest BCUT2D eigenvalue weighted by Gasteiger charge is -2.37. The molecule has 0 spiro atoms. The van der Waals surface area contributed by atoms with Gasteiger partial charge in [0, 0.05) is 32.1 Å². The lowest BCUT2D eigenvalue weighted by atomic mass is 9.91. The Labute approximate surface area is 164 Å². The molecule has 3 aromatic rings. The predicted molar refractivity (Wildman–Crippen MR) is 106 cm³/mol. The molecular weight excluding hydrogens is 356 g/mol. The van der Waals surface area contributed by atoms with E-state index >= 15 is 0 Å². The van der Waals surface area contributed by atoms with E-state index in [1.807, 2.05) is 36.5 Å². The van der Waals surface area contributed by atoms with Crippen molar-refractivity contribution in [3.8, 4) is 11.3 Å². The second-order valence-corrected chi connectivity index (χ2v) is 7.41. The average molecular weight is 382 g/mol. The molecule has 2 N–H and O–H groups in total. The second-order valence-electron chi connectivity index (χ2n) is 7.41. The molecule has 1 aromatic carbocycles. The average Bonchev–Trinajstić information content (AvgIpc) is 3.29. The van der Waals surface area contributed by atoms with Crippen molar-refractivity contribution in [2.24, 2.45) is 5.73 Å². The summed E-state index contributed by atoms with van der Waals surface area (Å²) >= 11 is 0. The maximum atomic E-state index is 10.7. The minimum absolute atomic E-state index is 0. The van der Waals surface area contributed by atoms with Crippen molar-refractivity contribution in [3.05, 3.63) is 54.0 Å². The Hall–Kier alpha value is -3.00. The monoisotopic (exact) mass is 382 g/mol. The number of hydrogen-bond donors (Lipinski definition) is 1. The molecule has 3 heterocycles. The highest BCUT2D eigenvalue weighted by Gasteiger charge is 2.31. The van der Waals surface area contributed by atoms with Crippen LogP contribution < -0.4 is 5.73 Å². The molecule has 8 nitrogen and oxygen atoms in total. The highest BCUT2D eigenvalue weighted by molar-refractivity contribution is 5.90. The third kappa shape index (κ3) is 3.82. The molecule has 8 heteroatoms. The SMILES string of the molecule is CN1CC(c2cnnn2C2CCC2)C1.NC(=O)c1cc(-c2ccccc2)no1.[HH]. The number of carbonyl (C=O) groups is 1. The summed E-state index contributed by atoms with van der Waals surface area (Å²) in [5, 5.41) is 12.0. The van der Waals surface area contributed by atoms with E-state index in [0.29, 0.717) is 17.7 Å². The molecule has 2 aliphatic rings. The van der Waals surface area contributed by atoms with Gasteiger partial charge in [-0.3, -0.25) is 4.79 Å². The van der Waals surface area contributed by atoms with Crippen LogP contribution >= 0.6 is 0 Å². The number of nitrogens with zero attached hydrogens (tertiary/aromatic N) is 5. The highest BCUT2D eigenvalue weighted by atomic mass is 16.5.